The molecule has 0 aliphatic rings. The fourth-order valence-electron chi connectivity index (χ4n) is 2.33. The lowest BCUT2D eigenvalue weighted by Gasteiger charge is -2.08. The average molecular weight is 368 g/mol. The van der Waals surface area contributed by atoms with Gasteiger partial charge >= 0.3 is 16.2 Å². The number of aromatic nitrogens is 2. The molecule has 0 atom stereocenters. The SMILES string of the molecule is [NH3+]S(=O)(=O)c1ccc(-n2nc(C(F)(F)F)cc2-c2ccccc2)cc1. The predicted molar refractivity (Wildman–Crippen MR) is 84.1 cm³/mol. The summed E-state index contributed by atoms with van der Waals surface area (Å²) in [6, 6.07) is 14.8. The maximum atomic E-state index is 13.1. The number of rotatable bonds is 3. The number of nitrogens with zero attached hydrogens (tertiary/aromatic N) is 2. The van der Waals surface area contributed by atoms with E-state index in [1.54, 1.807) is 30.3 Å². The number of alkyl halides is 3. The Hall–Kier alpha value is -2.65. The highest BCUT2D eigenvalue weighted by Gasteiger charge is 2.35. The fourth-order valence-corrected chi connectivity index (χ4v) is 2.88. The Bertz CT molecular complexity index is 995. The molecule has 0 unspecified atom stereocenters. The van der Waals surface area contributed by atoms with Crippen LogP contribution in [0.3, 0.4) is 0 Å². The second kappa shape index (κ2) is 6.01. The number of hydrogen-bond donors (Lipinski definition) is 1. The molecular formula is C16H13F3N3O2S+. The maximum absolute atomic E-state index is 13.1. The Morgan fingerprint density at radius 2 is 1.56 bits per heavy atom. The van der Waals surface area contributed by atoms with E-state index in [1.165, 1.54) is 24.3 Å². The number of benzene rings is 2. The molecule has 2 aromatic carbocycles. The van der Waals surface area contributed by atoms with Crippen molar-refractivity contribution in [3.05, 3.63) is 66.4 Å². The number of hydrogen-bond acceptors (Lipinski definition) is 3. The second-order valence-corrected chi connectivity index (χ2v) is 7.00. The summed E-state index contributed by atoms with van der Waals surface area (Å²) in [7, 11) is -3.64. The zero-order chi connectivity index (χ0) is 18.2. The summed E-state index contributed by atoms with van der Waals surface area (Å²) < 4.78 is 63.2. The molecule has 0 amide bonds. The van der Waals surface area contributed by atoms with Gasteiger partial charge in [0, 0.05) is 5.56 Å². The highest BCUT2D eigenvalue weighted by Crippen LogP contribution is 2.33. The minimum Gasteiger partial charge on any atom is -0.248 e. The topological polar surface area (TPSA) is 79.6 Å². The summed E-state index contributed by atoms with van der Waals surface area (Å²) >= 11 is 0. The van der Waals surface area contributed by atoms with Crippen LogP contribution in [0.1, 0.15) is 5.69 Å². The summed E-state index contributed by atoms with van der Waals surface area (Å²) in [5.74, 6) is 0. The van der Waals surface area contributed by atoms with E-state index in [-0.39, 0.29) is 10.6 Å². The van der Waals surface area contributed by atoms with Gasteiger partial charge in [-0.3, -0.25) is 0 Å². The summed E-state index contributed by atoms with van der Waals surface area (Å²) in [5.41, 5.74) is 0.0828. The predicted octanol–water partition coefficient (Wildman–Crippen LogP) is 2.49. The molecule has 0 aliphatic heterocycles. The van der Waals surface area contributed by atoms with E-state index >= 15 is 0 Å². The molecule has 0 fully saturated rings. The first-order valence-corrected chi connectivity index (χ1v) is 8.73. The molecule has 0 spiro atoms. The van der Waals surface area contributed by atoms with Crippen LogP contribution in [0.2, 0.25) is 0 Å². The highest BCUT2D eigenvalue weighted by molar-refractivity contribution is 7.84. The van der Waals surface area contributed by atoms with Gasteiger partial charge in [-0.05, 0) is 30.3 Å². The van der Waals surface area contributed by atoms with Crippen molar-refractivity contribution in [1.82, 2.24) is 9.78 Å². The summed E-state index contributed by atoms with van der Waals surface area (Å²) in [5, 5.41) is 6.69. The van der Waals surface area contributed by atoms with Gasteiger partial charge in [-0.2, -0.15) is 26.7 Å². The minimum atomic E-state index is -4.59. The molecule has 130 valence electrons. The van der Waals surface area contributed by atoms with E-state index in [2.05, 4.69) is 10.2 Å². The Labute approximate surface area is 141 Å². The normalized spacial score (nSPS) is 12.3. The third kappa shape index (κ3) is 3.57. The maximum Gasteiger partial charge on any atom is 0.435 e. The number of sulfonamides is 1. The average Bonchev–Trinajstić information content (AvgIpc) is 3.00. The van der Waals surface area contributed by atoms with Crippen LogP contribution < -0.4 is 5.14 Å². The van der Waals surface area contributed by atoms with Crippen LogP contribution in [0, 0.1) is 0 Å². The van der Waals surface area contributed by atoms with E-state index in [0.29, 0.717) is 11.3 Å². The van der Waals surface area contributed by atoms with E-state index in [9.17, 15) is 21.6 Å². The minimum absolute atomic E-state index is 0.0271. The zero-order valence-electron chi connectivity index (χ0n) is 12.7. The van der Waals surface area contributed by atoms with Gasteiger partial charge in [0.2, 0.25) is 0 Å². The molecule has 0 aliphatic carbocycles. The largest absolute Gasteiger partial charge is 0.435 e. The first-order chi connectivity index (χ1) is 11.7. The Balaban J connectivity index is 2.16. The molecule has 3 rings (SSSR count). The quantitative estimate of drug-likeness (QED) is 0.771. The van der Waals surface area contributed by atoms with E-state index in [4.69, 9.17) is 0 Å². The Morgan fingerprint density at radius 1 is 0.960 bits per heavy atom. The van der Waals surface area contributed by atoms with Crippen molar-refractivity contribution in [3.8, 4) is 16.9 Å². The molecule has 1 aromatic heterocycles. The van der Waals surface area contributed by atoms with E-state index in [0.717, 1.165) is 10.7 Å². The van der Waals surface area contributed by atoms with Crippen molar-refractivity contribution in [3.63, 3.8) is 0 Å². The standard InChI is InChI=1S/C16H12F3N3O2S/c17-16(18,19)15-10-14(11-4-2-1-3-5-11)22(21-15)12-6-8-13(9-7-12)25(20,23)24/h1-10H,(H2,20,23,24)/p+1. The third-order valence-corrected chi connectivity index (χ3v) is 4.50. The fraction of sp³-hybridized carbons (Fsp3) is 0.0625. The van der Waals surface area contributed by atoms with Crippen molar-refractivity contribution in [2.75, 3.05) is 0 Å². The van der Waals surface area contributed by atoms with Crippen molar-refractivity contribution in [2.24, 2.45) is 0 Å². The van der Waals surface area contributed by atoms with Crippen molar-refractivity contribution in [1.29, 1.82) is 0 Å². The van der Waals surface area contributed by atoms with Gasteiger partial charge in [-0.1, -0.05) is 30.3 Å². The molecule has 1 heterocycles. The van der Waals surface area contributed by atoms with Crippen molar-refractivity contribution < 1.29 is 26.7 Å². The van der Waals surface area contributed by atoms with Gasteiger partial charge in [0.1, 0.15) is 4.90 Å². The third-order valence-electron chi connectivity index (χ3n) is 3.51. The second-order valence-electron chi connectivity index (χ2n) is 5.30. The van der Waals surface area contributed by atoms with Crippen molar-refractivity contribution in [2.45, 2.75) is 11.1 Å². The molecule has 0 bridgehead atoms. The lowest BCUT2D eigenvalue weighted by Crippen LogP contribution is -2.56. The van der Waals surface area contributed by atoms with Crippen LogP contribution in [0.5, 0.6) is 0 Å². The molecular weight excluding hydrogens is 355 g/mol. The molecule has 0 radical (unpaired) electrons. The molecule has 3 N–H and O–H groups in total. The van der Waals surface area contributed by atoms with Gasteiger partial charge in [0.25, 0.3) is 0 Å². The van der Waals surface area contributed by atoms with Crippen LogP contribution in [0.25, 0.3) is 16.9 Å². The smallest absolute Gasteiger partial charge is 0.248 e. The van der Waals surface area contributed by atoms with Crippen molar-refractivity contribution >= 4 is 10.0 Å². The molecule has 3 aromatic rings. The van der Waals surface area contributed by atoms with Crippen LogP contribution in [0.4, 0.5) is 13.2 Å². The van der Waals surface area contributed by atoms with Crippen LogP contribution >= 0.6 is 0 Å². The van der Waals surface area contributed by atoms with Gasteiger partial charge < -0.3 is 0 Å². The molecule has 0 saturated heterocycles. The van der Waals surface area contributed by atoms with Crippen LogP contribution in [-0.2, 0) is 16.2 Å². The van der Waals surface area contributed by atoms with E-state index in [1.807, 2.05) is 0 Å². The number of halogens is 3. The first kappa shape index (κ1) is 17.2. The molecule has 25 heavy (non-hydrogen) atoms. The van der Waals surface area contributed by atoms with Gasteiger partial charge in [0.05, 0.1) is 11.4 Å². The van der Waals surface area contributed by atoms with Crippen LogP contribution in [-0.4, -0.2) is 18.2 Å². The Morgan fingerprint density at radius 3 is 2.08 bits per heavy atom. The number of quaternary nitrogens is 1. The molecule has 9 heteroatoms. The monoisotopic (exact) mass is 368 g/mol. The van der Waals surface area contributed by atoms with Gasteiger partial charge in [0.15, 0.2) is 5.69 Å². The molecule has 5 nitrogen and oxygen atoms in total. The molecule has 0 saturated carbocycles. The lowest BCUT2D eigenvalue weighted by atomic mass is 10.1. The van der Waals surface area contributed by atoms with Gasteiger partial charge in [-0.25, -0.2) is 9.82 Å². The lowest BCUT2D eigenvalue weighted by molar-refractivity contribution is -0.165. The Kier molecular flexibility index (Phi) is 4.13. The highest BCUT2D eigenvalue weighted by atomic mass is 32.2. The van der Waals surface area contributed by atoms with E-state index < -0.39 is 21.9 Å². The van der Waals surface area contributed by atoms with Crippen LogP contribution in [0.15, 0.2) is 65.6 Å². The summed E-state index contributed by atoms with van der Waals surface area (Å²) in [4.78, 5) is -0.0271. The summed E-state index contributed by atoms with van der Waals surface area (Å²) in [6.07, 6.45) is -4.59. The van der Waals surface area contributed by atoms with Gasteiger partial charge in [-0.15, -0.1) is 0 Å². The zero-order valence-corrected chi connectivity index (χ0v) is 13.6. The first-order valence-electron chi connectivity index (χ1n) is 7.07. The summed E-state index contributed by atoms with van der Waals surface area (Å²) in [6.45, 7) is 0.